The Balaban J connectivity index is 1.20. The van der Waals surface area contributed by atoms with Gasteiger partial charge in [-0.1, -0.05) is 11.8 Å². The highest BCUT2D eigenvalue weighted by molar-refractivity contribution is 7.99. The molecule has 26 heavy (non-hydrogen) atoms. The Morgan fingerprint density at radius 2 is 1.81 bits per heavy atom. The molecule has 0 spiro atoms. The first-order chi connectivity index (χ1) is 12.5. The van der Waals surface area contributed by atoms with Crippen LogP contribution in [0.4, 0.5) is 0 Å². The Morgan fingerprint density at radius 1 is 1.19 bits per heavy atom. The Morgan fingerprint density at radius 3 is 2.38 bits per heavy atom. The van der Waals surface area contributed by atoms with Gasteiger partial charge in [0.1, 0.15) is 5.82 Å². The van der Waals surface area contributed by atoms with Crippen molar-refractivity contribution in [3.63, 3.8) is 0 Å². The molecule has 1 aromatic rings. The molecule has 0 unspecified atom stereocenters. The second-order valence-corrected chi connectivity index (χ2v) is 10.4. The van der Waals surface area contributed by atoms with E-state index in [4.69, 9.17) is 0 Å². The first-order valence-electron chi connectivity index (χ1n) is 10.4. The van der Waals surface area contributed by atoms with Crippen LogP contribution in [0.2, 0.25) is 0 Å². The number of carbonyl (C=O) groups excluding carboxylic acids is 1. The molecule has 5 nitrogen and oxygen atoms in total. The van der Waals surface area contributed by atoms with Gasteiger partial charge in [0.15, 0.2) is 5.16 Å². The van der Waals surface area contributed by atoms with Gasteiger partial charge in [0.05, 0.1) is 5.75 Å². The number of hydrogen-bond donors (Lipinski definition) is 1. The van der Waals surface area contributed by atoms with Crippen LogP contribution in [0.1, 0.15) is 70.2 Å². The quantitative estimate of drug-likeness (QED) is 0.771. The molecule has 5 aliphatic rings. The van der Waals surface area contributed by atoms with E-state index in [0.717, 1.165) is 28.7 Å². The fourth-order valence-corrected chi connectivity index (χ4v) is 7.34. The third kappa shape index (κ3) is 2.98. The topological polar surface area (TPSA) is 59.8 Å². The van der Waals surface area contributed by atoms with Crippen molar-refractivity contribution < 1.29 is 4.79 Å². The summed E-state index contributed by atoms with van der Waals surface area (Å²) in [5, 5.41) is 12.7. The van der Waals surface area contributed by atoms with Crippen LogP contribution < -0.4 is 5.32 Å². The van der Waals surface area contributed by atoms with Gasteiger partial charge in [0.25, 0.3) is 0 Å². The van der Waals surface area contributed by atoms with Gasteiger partial charge in [0.2, 0.25) is 5.91 Å². The van der Waals surface area contributed by atoms with Gasteiger partial charge in [-0.05, 0) is 88.4 Å². The molecule has 6 rings (SSSR count). The molecule has 0 aliphatic heterocycles. The van der Waals surface area contributed by atoms with Crippen molar-refractivity contribution in [3.8, 4) is 0 Å². The monoisotopic (exact) mass is 374 g/mol. The number of carbonyl (C=O) groups is 1. The van der Waals surface area contributed by atoms with E-state index < -0.39 is 0 Å². The normalized spacial score (nSPS) is 36.3. The van der Waals surface area contributed by atoms with E-state index in [1.54, 1.807) is 11.8 Å². The maximum absolute atomic E-state index is 12.6. The van der Waals surface area contributed by atoms with Crippen LogP contribution >= 0.6 is 11.8 Å². The molecule has 5 saturated carbocycles. The first-order valence-corrected chi connectivity index (χ1v) is 11.3. The molecular formula is C20H30N4OS. The molecule has 4 bridgehead atoms. The molecule has 1 aromatic heterocycles. The first kappa shape index (κ1) is 17.1. The summed E-state index contributed by atoms with van der Waals surface area (Å²) in [5.41, 5.74) is 0.375. The number of thioether (sulfide) groups is 1. The van der Waals surface area contributed by atoms with Crippen molar-refractivity contribution >= 4 is 17.7 Å². The molecule has 0 aromatic carbocycles. The highest BCUT2D eigenvalue weighted by Gasteiger charge is 2.53. The number of nitrogens with one attached hydrogen (secondary N) is 1. The van der Waals surface area contributed by atoms with Crippen LogP contribution in [-0.4, -0.2) is 32.5 Å². The van der Waals surface area contributed by atoms with E-state index >= 15 is 0 Å². The maximum atomic E-state index is 12.6. The maximum Gasteiger partial charge on any atom is 0.230 e. The van der Waals surface area contributed by atoms with E-state index in [-0.39, 0.29) is 5.91 Å². The van der Waals surface area contributed by atoms with Crippen LogP contribution in [0.3, 0.4) is 0 Å². The lowest BCUT2D eigenvalue weighted by Gasteiger charge is -2.59. The van der Waals surface area contributed by atoms with Gasteiger partial charge in [-0.2, -0.15) is 0 Å². The minimum absolute atomic E-state index is 0.154. The van der Waals surface area contributed by atoms with Gasteiger partial charge in [-0.3, -0.25) is 4.79 Å². The van der Waals surface area contributed by atoms with Gasteiger partial charge in [-0.25, -0.2) is 0 Å². The molecule has 1 amide bonds. The minimum atomic E-state index is 0.154. The van der Waals surface area contributed by atoms with Gasteiger partial charge < -0.3 is 9.88 Å². The summed E-state index contributed by atoms with van der Waals surface area (Å²) in [6.45, 7) is 4.26. The smallest absolute Gasteiger partial charge is 0.230 e. The number of nitrogens with zero attached hydrogens (tertiary/aromatic N) is 3. The van der Waals surface area contributed by atoms with Gasteiger partial charge in [-0.15, -0.1) is 10.2 Å². The van der Waals surface area contributed by atoms with E-state index in [9.17, 15) is 4.79 Å². The summed E-state index contributed by atoms with van der Waals surface area (Å²) in [6.07, 6.45) is 10.8. The Hall–Kier alpha value is -1.04. The minimum Gasteiger partial charge on any atom is -0.352 e. The van der Waals surface area contributed by atoms with Crippen LogP contribution in [-0.2, 0) is 4.79 Å². The lowest BCUT2D eigenvalue weighted by molar-refractivity contribution is -0.123. The summed E-state index contributed by atoms with van der Waals surface area (Å²) in [7, 11) is 0. The number of aromatic nitrogens is 3. The third-order valence-electron chi connectivity index (χ3n) is 7.46. The van der Waals surface area contributed by atoms with Crippen LogP contribution in [0.25, 0.3) is 0 Å². The summed E-state index contributed by atoms with van der Waals surface area (Å²) >= 11 is 1.54. The highest BCUT2D eigenvalue weighted by Crippen LogP contribution is 2.61. The van der Waals surface area contributed by atoms with E-state index in [1.165, 1.54) is 51.4 Å². The average Bonchev–Trinajstić information content (AvgIpc) is 3.34. The van der Waals surface area contributed by atoms with Gasteiger partial charge >= 0.3 is 0 Å². The largest absolute Gasteiger partial charge is 0.352 e. The highest BCUT2D eigenvalue weighted by atomic mass is 32.2. The van der Waals surface area contributed by atoms with E-state index in [0.29, 0.717) is 23.3 Å². The molecule has 0 radical (unpaired) electrons. The van der Waals surface area contributed by atoms with Crippen molar-refractivity contribution in [2.75, 3.05) is 5.75 Å². The molecular weight excluding hydrogens is 344 g/mol. The number of rotatable bonds is 6. The SMILES string of the molecule is Cc1nnc(SCC(=O)N[C@H](C)C23CC4CC(CC(C4)C2)C3)n1C1CC1. The number of aryl methyl sites for hydroxylation is 1. The zero-order valence-electron chi connectivity index (χ0n) is 15.9. The Labute approximate surface area is 160 Å². The molecule has 5 fully saturated rings. The summed E-state index contributed by atoms with van der Waals surface area (Å²) in [6, 6.07) is 0.855. The Kier molecular flexibility index (Phi) is 4.11. The second kappa shape index (κ2) is 6.25. The van der Waals surface area contributed by atoms with E-state index in [2.05, 4.69) is 27.0 Å². The van der Waals surface area contributed by atoms with Gasteiger partial charge in [0, 0.05) is 12.1 Å². The van der Waals surface area contributed by atoms with Crippen molar-refractivity contribution in [3.05, 3.63) is 5.82 Å². The lowest BCUT2D eigenvalue weighted by Crippen LogP contribution is -2.56. The van der Waals surface area contributed by atoms with Crippen molar-refractivity contribution in [2.24, 2.45) is 23.2 Å². The number of amides is 1. The third-order valence-corrected chi connectivity index (χ3v) is 8.40. The molecule has 1 heterocycles. The predicted octanol–water partition coefficient (Wildman–Crippen LogP) is 3.73. The number of hydrogen-bond acceptors (Lipinski definition) is 4. The second-order valence-electron chi connectivity index (χ2n) is 9.49. The van der Waals surface area contributed by atoms with Crippen molar-refractivity contribution in [1.82, 2.24) is 20.1 Å². The summed E-state index contributed by atoms with van der Waals surface area (Å²) in [4.78, 5) is 12.6. The van der Waals surface area contributed by atoms with Crippen molar-refractivity contribution in [2.45, 2.75) is 82.5 Å². The van der Waals surface area contributed by atoms with Crippen LogP contribution in [0.15, 0.2) is 5.16 Å². The summed E-state index contributed by atoms with van der Waals surface area (Å²) in [5.74, 6) is 4.35. The van der Waals surface area contributed by atoms with Crippen molar-refractivity contribution in [1.29, 1.82) is 0 Å². The predicted molar refractivity (Wildman–Crippen MR) is 102 cm³/mol. The van der Waals surface area contributed by atoms with Crippen LogP contribution in [0.5, 0.6) is 0 Å². The zero-order chi connectivity index (χ0) is 17.9. The molecule has 142 valence electrons. The summed E-state index contributed by atoms with van der Waals surface area (Å²) < 4.78 is 2.21. The fraction of sp³-hybridized carbons (Fsp3) is 0.850. The molecule has 1 N–H and O–H groups in total. The standard InChI is InChI=1S/C20H30N4OS/c1-12(20-8-14-5-15(9-20)7-16(6-14)10-20)21-18(25)11-26-19-23-22-13(2)24(19)17-3-4-17/h12,14-17H,3-11H2,1-2H3,(H,21,25)/t12-,14?,15?,16?,20?/m1/s1. The molecule has 5 aliphatic carbocycles. The van der Waals surface area contributed by atoms with E-state index in [1.807, 2.05) is 6.92 Å². The lowest BCUT2D eigenvalue weighted by atomic mass is 9.48. The molecule has 1 atom stereocenters. The Bertz CT molecular complexity index is 675. The van der Waals surface area contributed by atoms with Crippen LogP contribution in [0, 0.1) is 30.1 Å². The molecule has 6 heteroatoms. The zero-order valence-corrected chi connectivity index (χ0v) is 16.7. The fourth-order valence-electron chi connectivity index (χ4n) is 6.48. The average molecular weight is 375 g/mol. The molecule has 0 saturated heterocycles.